The van der Waals surface area contributed by atoms with E-state index in [1.165, 1.54) is 0 Å². The summed E-state index contributed by atoms with van der Waals surface area (Å²) >= 11 is 0. The number of hydrogen-bond donors (Lipinski definition) is 3. The summed E-state index contributed by atoms with van der Waals surface area (Å²) in [6.07, 6.45) is 1.64. The molecule has 8 heavy (non-hydrogen) atoms. The molecule has 1 atom stereocenters. The van der Waals surface area contributed by atoms with Gasteiger partial charge in [0.25, 0.3) is 0 Å². The van der Waals surface area contributed by atoms with Gasteiger partial charge < -0.3 is 5.09 Å². The number of aromatic amines is 1. The first-order valence-corrected chi connectivity index (χ1v) is 3.09. The van der Waals surface area contributed by atoms with Gasteiger partial charge in [0.2, 0.25) is 0 Å². The number of aromatic nitrogens is 3. The average molecular weight is 131 g/mol. The maximum atomic E-state index is 5.15. The van der Waals surface area contributed by atoms with Crippen LogP contribution in [0.25, 0.3) is 0 Å². The maximum Gasteiger partial charge on any atom is 0.172 e. The Bertz CT molecular complexity index is 136. The minimum atomic E-state index is 0.180. The molecule has 6 heteroatoms. The monoisotopic (exact) mass is 131 g/mol. The molecule has 0 aliphatic rings. The van der Waals surface area contributed by atoms with E-state index in [9.17, 15) is 0 Å². The van der Waals surface area contributed by atoms with E-state index < -0.39 is 0 Å². The van der Waals surface area contributed by atoms with E-state index in [2.05, 4.69) is 20.5 Å². The number of nitrogens with one attached hydrogen (secondary N) is 2. The molecule has 1 aromatic heterocycles. The third-order valence-electron chi connectivity index (χ3n) is 0.617. The largest absolute Gasteiger partial charge is 0.337 e. The summed E-state index contributed by atoms with van der Waals surface area (Å²) < 4.78 is 0. The number of nitrogens with zero attached hydrogens (tertiary/aromatic N) is 2. The molecule has 0 bridgehead atoms. The molecule has 0 saturated carbocycles. The normalized spacial score (nSPS) is 10.6. The van der Waals surface area contributed by atoms with Gasteiger partial charge >= 0.3 is 0 Å². The molecule has 0 aromatic carbocycles. The lowest BCUT2D eigenvalue weighted by atomic mass is 10.8. The highest BCUT2D eigenvalue weighted by Crippen LogP contribution is 2.03. The first-order valence-electron chi connectivity index (χ1n) is 2.01. The van der Waals surface area contributed by atoms with Gasteiger partial charge in [0.1, 0.15) is 0 Å². The molecule has 4 N–H and O–H groups in total. The van der Waals surface area contributed by atoms with Crippen molar-refractivity contribution in [1.29, 1.82) is 0 Å². The van der Waals surface area contributed by atoms with Gasteiger partial charge in [-0.05, 0) is 0 Å². The van der Waals surface area contributed by atoms with Gasteiger partial charge in [-0.2, -0.15) is 0 Å². The van der Waals surface area contributed by atoms with Crippen LogP contribution in [0.2, 0.25) is 0 Å². The van der Waals surface area contributed by atoms with Gasteiger partial charge in [-0.15, -0.1) is 5.10 Å². The molecule has 0 spiro atoms. The van der Waals surface area contributed by atoms with Crippen molar-refractivity contribution in [2.75, 3.05) is 5.09 Å². The second-order valence-corrected chi connectivity index (χ2v) is 1.67. The van der Waals surface area contributed by atoms with Crippen molar-refractivity contribution in [2.24, 2.45) is 5.50 Å². The maximum absolute atomic E-state index is 5.15. The van der Waals surface area contributed by atoms with E-state index in [-0.39, 0.29) is 8.88 Å². The molecule has 1 heterocycles. The third-order valence-corrected chi connectivity index (χ3v) is 1.02. The van der Waals surface area contributed by atoms with E-state index in [1.807, 2.05) is 0 Å². The number of anilines is 1. The van der Waals surface area contributed by atoms with Gasteiger partial charge in [0.15, 0.2) is 5.82 Å². The summed E-state index contributed by atoms with van der Waals surface area (Å²) in [5.74, 6) is 0.686. The lowest BCUT2D eigenvalue weighted by molar-refractivity contribution is 0.943. The fraction of sp³-hybridized carbons (Fsp3) is 0. The number of rotatable bonds is 2. The molecular weight excluding hydrogens is 125 g/mol. The smallest absolute Gasteiger partial charge is 0.172 e. The highest BCUT2D eigenvalue weighted by atomic mass is 31.1. The topological polar surface area (TPSA) is 79.6 Å². The van der Waals surface area contributed by atoms with E-state index in [4.69, 9.17) is 5.50 Å². The Kier molecular flexibility index (Phi) is 1.77. The Morgan fingerprint density at radius 1 is 1.88 bits per heavy atom. The van der Waals surface area contributed by atoms with Gasteiger partial charge in [-0.1, -0.05) is 5.21 Å². The van der Waals surface area contributed by atoms with Gasteiger partial charge in [-0.3, -0.25) is 10.6 Å². The number of H-pyrrole nitrogens is 1. The predicted molar refractivity (Wildman–Crippen MR) is 32.5 cm³/mol. The summed E-state index contributed by atoms with van der Waals surface area (Å²) in [7, 11) is 0.180. The van der Waals surface area contributed by atoms with E-state index in [0.717, 1.165) is 0 Å². The zero-order valence-electron chi connectivity index (χ0n) is 4.05. The van der Waals surface area contributed by atoms with Gasteiger partial charge in [0, 0.05) is 8.88 Å². The Hall–Kier alpha value is -0.670. The van der Waals surface area contributed by atoms with Crippen molar-refractivity contribution in [3.05, 3.63) is 6.20 Å². The van der Waals surface area contributed by atoms with Crippen LogP contribution in [0.4, 0.5) is 5.82 Å². The van der Waals surface area contributed by atoms with E-state index in [0.29, 0.717) is 5.82 Å². The Morgan fingerprint density at radius 2 is 2.75 bits per heavy atom. The molecule has 1 aromatic rings. The Balaban J connectivity index is 2.50. The van der Waals surface area contributed by atoms with E-state index in [1.54, 1.807) is 6.20 Å². The minimum Gasteiger partial charge on any atom is -0.337 e. The first-order chi connectivity index (χ1) is 3.93. The summed E-state index contributed by atoms with van der Waals surface area (Å²) in [6.45, 7) is 0. The zero-order valence-corrected chi connectivity index (χ0v) is 5.05. The van der Waals surface area contributed by atoms with Crippen LogP contribution in [0.5, 0.6) is 0 Å². The van der Waals surface area contributed by atoms with E-state index >= 15 is 0 Å². The quantitative estimate of drug-likeness (QED) is 0.480. The van der Waals surface area contributed by atoms with Crippen molar-refractivity contribution >= 4 is 14.7 Å². The second-order valence-electron chi connectivity index (χ2n) is 1.13. The number of hydrogen-bond acceptors (Lipinski definition) is 4. The molecule has 5 nitrogen and oxygen atoms in total. The van der Waals surface area contributed by atoms with Crippen molar-refractivity contribution < 1.29 is 0 Å². The molecule has 44 valence electrons. The van der Waals surface area contributed by atoms with Crippen LogP contribution >= 0.6 is 8.88 Å². The molecule has 1 rings (SSSR count). The first kappa shape index (κ1) is 5.47. The van der Waals surface area contributed by atoms with Crippen LogP contribution < -0.4 is 10.6 Å². The lowest BCUT2D eigenvalue weighted by Crippen LogP contribution is -1.87. The van der Waals surface area contributed by atoms with Gasteiger partial charge in [-0.25, -0.2) is 0 Å². The Labute approximate surface area is 47.9 Å². The van der Waals surface area contributed by atoms with Crippen LogP contribution in [0, 0.1) is 0 Å². The minimum absolute atomic E-state index is 0.180. The van der Waals surface area contributed by atoms with Crippen LogP contribution in [-0.4, -0.2) is 15.4 Å². The molecule has 0 amide bonds. The summed E-state index contributed by atoms with van der Waals surface area (Å²) in [5, 5.41) is 12.4. The molecule has 0 saturated heterocycles. The van der Waals surface area contributed by atoms with Crippen LogP contribution in [0.15, 0.2) is 6.20 Å². The van der Waals surface area contributed by atoms with Crippen LogP contribution in [0.1, 0.15) is 0 Å². The Morgan fingerprint density at radius 3 is 3.25 bits per heavy atom. The lowest BCUT2D eigenvalue weighted by Gasteiger charge is -1.90. The standard InChI is InChI=1S/C2H6N5P/c3-8-6-2-1-4-7-5-2/h1,8H,3H2,(H2,4,5,6,7). The highest BCUT2D eigenvalue weighted by Gasteiger charge is 1.86. The fourth-order valence-electron chi connectivity index (χ4n) is 0.337. The summed E-state index contributed by atoms with van der Waals surface area (Å²) in [4.78, 5) is 0. The SMILES string of the molecule is NPNc1c[nH]nn1. The molecule has 0 radical (unpaired) electrons. The summed E-state index contributed by atoms with van der Waals surface area (Å²) in [5.41, 5.74) is 5.15. The molecule has 0 aliphatic carbocycles. The molecule has 0 fully saturated rings. The average Bonchev–Trinajstić information content (AvgIpc) is 2.19. The third kappa shape index (κ3) is 1.15. The van der Waals surface area contributed by atoms with Crippen LogP contribution in [-0.2, 0) is 0 Å². The van der Waals surface area contributed by atoms with Gasteiger partial charge in [0.05, 0.1) is 6.20 Å². The molecule has 1 unspecified atom stereocenters. The highest BCUT2D eigenvalue weighted by molar-refractivity contribution is 7.36. The van der Waals surface area contributed by atoms with Crippen LogP contribution in [0.3, 0.4) is 0 Å². The predicted octanol–water partition coefficient (Wildman–Crippen LogP) is -0.316. The summed E-state index contributed by atoms with van der Waals surface area (Å²) in [6, 6.07) is 0. The number of nitrogens with two attached hydrogens (primary N) is 1. The second kappa shape index (κ2) is 2.59. The molecule has 0 aliphatic heterocycles. The van der Waals surface area contributed by atoms with Crippen molar-refractivity contribution in [2.45, 2.75) is 0 Å². The zero-order chi connectivity index (χ0) is 5.82. The van der Waals surface area contributed by atoms with Crippen molar-refractivity contribution in [1.82, 2.24) is 15.4 Å². The van der Waals surface area contributed by atoms with Crippen molar-refractivity contribution in [3.8, 4) is 0 Å². The molecular formula is C2H6N5P. The fourth-order valence-corrected chi connectivity index (χ4v) is 0.607. The van der Waals surface area contributed by atoms with Crippen molar-refractivity contribution in [3.63, 3.8) is 0 Å².